The van der Waals surface area contributed by atoms with Gasteiger partial charge in [-0.15, -0.1) is 0 Å². The molecule has 149 heavy (non-hydrogen) atoms. The molecular formula is C140H179BBr2N5S. The number of aryl methyl sites for hydroxylation is 12. The first-order valence-corrected chi connectivity index (χ1v) is 61.3. The van der Waals surface area contributed by atoms with E-state index in [0.29, 0.717) is 11.8 Å². The summed E-state index contributed by atoms with van der Waals surface area (Å²) in [6, 6.07) is 91.8. The van der Waals surface area contributed by atoms with Gasteiger partial charge in [0, 0.05) is 76.1 Å². The van der Waals surface area contributed by atoms with Crippen molar-refractivity contribution in [1.82, 2.24) is 0 Å². The fraction of sp³-hybridized carbons (Fsp3) is 0.486. The van der Waals surface area contributed by atoms with Crippen molar-refractivity contribution >= 4 is 121 Å². The standard InChI is InChI=1S/C70H88Br2N2.C70H90N2.BHNS/c1-9-13-17-19-21-25-55-45-69-47-56(26-22-20-18-14-10-2)48-70(69,46-55)66-44-62(74(60-33-29-58(72)30-34-60)68-51(7)41-54(24-16-12-4)42-52(68)8)36-38-64(66)63-37-35-61(43-65(63)69)73(59-31-27-57(71)28-32-59)67-49(5)39-53(23-15-11-3)40-50(67)6;1-9-13-17-19-23-31-57-47-69-49-58(32-24-20-18-14-10-2)50-70(69,48-57)66-46-62(72(60-35-27-22-28-36-60)68-53(7)43-56(30-16-12-4)44-54(68)8)38-40-64(66)63-39-37-61(45-65(63)69)71(59-33-25-21-26-34-59)67-51(5)41-55(29-15-11-3)42-52(67)6;1-2-3/h27-44,55-56H,9-26,45-48H2,1-8H3;21-22,25-28,33-46,57-58H,9-20,23-24,29-32,47-50H2,1-8H3;3H. The molecule has 9 heteroatoms. The van der Waals surface area contributed by atoms with Crippen molar-refractivity contribution in [3.63, 3.8) is 0 Å². The van der Waals surface area contributed by atoms with Gasteiger partial charge in [0.15, 0.2) is 0 Å². The van der Waals surface area contributed by atoms with Crippen molar-refractivity contribution in [3.8, 4) is 22.3 Å². The number of unbranched alkanes of at least 4 members (excludes halogenated alkanes) is 20. The molecule has 0 spiro atoms. The fourth-order valence-corrected chi connectivity index (χ4v) is 30.4. The Kier molecular flexibility index (Phi) is 39.9. The Morgan fingerprint density at radius 3 is 0.617 bits per heavy atom. The average molecular weight is 2130 g/mol. The molecule has 0 atom stereocenters. The first-order valence-electron chi connectivity index (χ1n) is 59.4. The molecule has 4 saturated carbocycles. The second kappa shape index (κ2) is 52.8. The molecule has 12 aromatic carbocycles. The van der Waals surface area contributed by atoms with Crippen LogP contribution >= 0.6 is 44.7 Å². The van der Waals surface area contributed by atoms with Gasteiger partial charge in [0.2, 0.25) is 0 Å². The van der Waals surface area contributed by atoms with Crippen molar-refractivity contribution in [2.75, 3.05) is 19.6 Å². The fourth-order valence-electron chi connectivity index (χ4n) is 29.9. The Balaban J connectivity index is 0.000000207. The predicted octanol–water partition coefficient (Wildman–Crippen LogP) is 44.2. The Morgan fingerprint density at radius 2 is 0.423 bits per heavy atom. The zero-order valence-electron chi connectivity index (χ0n) is 94.4. The van der Waals surface area contributed by atoms with E-state index >= 15 is 0 Å². The molecule has 0 amide bonds. The summed E-state index contributed by atoms with van der Waals surface area (Å²) in [5.74, 6) is 2.86. The molecule has 0 bridgehead atoms. The molecule has 0 unspecified atom stereocenters. The first kappa shape index (κ1) is 113. The van der Waals surface area contributed by atoms with Gasteiger partial charge < -0.3 is 19.6 Å². The number of halogens is 2. The number of rotatable bonds is 48. The van der Waals surface area contributed by atoms with Gasteiger partial charge in [0.1, 0.15) is 0 Å². The zero-order valence-corrected chi connectivity index (χ0v) is 98.4. The summed E-state index contributed by atoms with van der Waals surface area (Å²) in [5.41, 5.74) is 44.9. The predicted molar refractivity (Wildman–Crippen MR) is 659 cm³/mol. The van der Waals surface area contributed by atoms with Crippen LogP contribution in [0.25, 0.3) is 22.3 Å². The minimum atomic E-state index is 0.0564. The van der Waals surface area contributed by atoms with Gasteiger partial charge in [0.25, 0.3) is 0 Å². The average Bonchev–Trinajstić information content (AvgIpc) is 1.50. The van der Waals surface area contributed by atoms with E-state index in [0.717, 1.165) is 46.5 Å². The number of benzene rings is 12. The van der Waals surface area contributed by atoms with Crippen LogP contribution in [-0.2, 0) is 47.3 Å². The Morgan fingerprint density at radius 1 is 0.242 bits per heavy atom. The third kappa shape index (κ3) is 24.7. The van der Waals surface area contributed by atoms with E-state index < -0.39 is 0 Å². The van der Waals surface area contributed by atoms with E-state index in [1.807, 2.05) is 0 Å². The van der Waals surface area contributed by atoms with Gasteiger partial charge in [-0.25, -0.2) is 0 Å². The van der Waals surface area contributed by atoms with Crippen LogP contribution in [0.15, 0.2) is 244 Å². The van der Waals surface area contributed by atoms with E-state index in [-0.39, 0.29) is 21.7 Å². The van der Waals surface area contributed by atoms with Crippen LogP contribution in [0.3, 0.4) is 0 Å². The molecule has 6 aliphatic carbocycles. The summed E-state index contributed by atoms with van der Waals surface area (Å²) >= 11 is 10.8. The van der Waals surface area contributed by atoms with Gasteiger partial charge in [-0.1, -0.05) is 376 Å². The summed E-state index contributed by atoms with van der Waals surface area (Å²) in [4.78, 5) is 10.5. The second-order valence-electron chi connectivity index (χ2n) is 47.0. The minimum absolute atomic E-state index is 0.0564. The van der Waals surface area contributed by atoms with Crippen molar-refractivity contribution in [3.05, 3.63) is 328 Å². The molecule has 5 nitrogen and oxygen atoms in total. The number of fused-ring (bicyclic) bond motifs is 6. The van der Waals surface area contributed by atoms with E-state index in [4.69, 9.17) is 0 Å². The molecule has 1 radical (unpaired) electrons. The summed E-state index contributed by atoms with van der Waals surface area (Å²) in [6.45, 7) is 37.5. The monoisotopic (exact) mass is 2130 g/mol. The molecular weight excluding hydrogens is 1950 g/mol. The number of para-hydroxylation sites is 2. The van der Waals surface area contributed by atoms with Crippen molar-refractivity contribution in [2.24, 2.45) is 28.0 Å². The summed E-state index contributed by atoms with van der Waals surface area (Å²) < 4.78 is 4.92. The van der Waals surface area contributed by atoms with Crippen LogP contribution in [0.5, 0.6) is 0 Å². The molecule has 0 heterocycles. The number of hydrogen-bond donors (Lipinski definition) is 1. The van der Waals surface area contributed by atoms with Gasteiger partial charge in [0.05, 0.1) is 22.7 Å². The third-order valence-corrected chi connectivity index (χ3v) is 37.1. The Hall–Kier alpha value is -8.99. The third-order valence-electron chi connectivity index (χ3n) is 36.1. The van der Waals surface area contributed by atoms with Crippen LogP contribution < -0.4 is 19.6 Å². The van der Waals surface area contributed by atoms with Gasteiger partial charge in [-0.2, -0.15) is 0 Å². The second-order valence-corrected chi connectivity index (χ2v) is 49.0. The van der Waals surface area contributed by atoms with Crippen LogP contribution in [0.2, 0.25) is 0 Å². The van der Waals surface area contributed by atoms with E-state index in [9.17, 15) is 0 Å². The zero-order chi connectivity index (χ0) is 105. The van der Waals surface area contributed by atoms with Crippen LogP contribution in [-0.4, -0.2) is 7.64 Å². The summed E-state index contributed by atoms with van der Waals surface area (Å²) in [5, 5.41) is 0. The first-order chi connectivity index (χ1) is 72.5. The van der Waals surface area contributed by atoms with Crippen molar-refractivity contribution in [1.29, 1.82) is 0 Å². The molecule has 12 aromatic rings. The van der Waals surface area contributed by atoms with E-state index in [1.54, 1.807) is 22.3 Å². The van der Waals surface area contributed by atoms with Gasteiger partial charge >= 0.3 is 24.8 Å². The van der Waals surface area contributed by atoms with Crippen LogP contribution in [0, 0.1) is 79.1 Å². The number of hydrogen-bond acceptors (Lipinski definition) is 6. The molecule has 0 aromatic heterocycles. The van der Waals surface area contributed by atoms with E-state index in [2.05, 4.69) is 418 Å². The molecule has 0 N–H and O–H groups in total. The summed E-state index contributed by atoms with van der Waals surface area (Å²) in [6.07, 6.45) is 57.2. The number of thiol groups is 1. The molecule has 18 rings (SSSR count). The Bertz CT molecular complexity index is 5910. The topological polar surface area (TPSA) is 25.3 Å². The Labute approximate surface area is 926 Å². The number of nitrogens with zero attached hydrogens (tertiary/aromatic N) is 5. The van der Waals surface area contributed by atoms with E-state index in [1.165, 1.54) is 414 Å². The van der Waals surface area contributed by atoms with Crippen LogP contribution in [0.1, 0.15) is 401 Å². The van der Waals surface area contributed by atoms with Gasteiger partial charge in [-0.05, 0) is 414 Å². The molecule has 0 saturated heterocycles. The number of anilines is 12. The quantitative estimate of drug-likeness (QED) is 0.0233. The molecule has 6 aliphatic rings. The maximum absolute atomic E-state index is 4.34. The van der Waals surface area contributed by atoms with Crippen molar-refractivity contribution in [2.45, 2.75) is 415 Å². The van der Waals surface area contributed by atoms with Crippen LogP contribution in [0.4, 0.5) is 68.2 Å². The summed E-state index contributed by atoms with van der Waals surface area (Å²) in [7, 11) is 4.34. The SMILES string of the molecule is CCCCCCCC1CC23CC(CCCCCCC)CC2(C1)c1cc(N(c2ccc(Br)cc2)c2c(C)cc(CCCC)cc2C)ccc1-c1ccc(N(c2ccc(Br)cc2)c2c(C)cc(CCCC)cc2C)cc13.CCCCCCCC1CC23CC(CCCCCCC)CC2(C1)c1cc(N(c2ccccc2)c2c(C)cc(CCCC)cc2C)ccc1-c1ccc(N(c2ccccc2)c2c(C)cc(CCCC)cc2C)cc13.[B]=NS. The maximum atomic E-state index is 4.34. The van der Waals surface area contributed by atoms with Crippen molar-refractivity contribution < 1.29 is 0 Å². The normalized spacial score (nSPS) is 19.3. The van der Waals surface area contributed by atoms with Gasteiger partial charge in [-0.3, -0.25) is 0 Å². The molecule has 787 valence electrons. The molecule has 0 aliphatic heterocycles. The molecule has 4 fully saturated rings.